The minimum atomic E-state index is -1.12. The topological polar surface area (TPSA) is 55.8 Å². The van der Waals surface area contributed by atoms with Gasteiger partial charge in [0.25, 0.3) is 0 Å². The number of carbonyl (C=O) groups is 2. The highest BCUT2D eigenvalue weighted by Gasteiger charge is 2.52. The van der Waals surface area contributed by atoms with E-state index in [0.29, 0.717) is 19.4 Å². The zero-order valence-corrected chi connectivity index (χ0v) is 14.5. The van der Waals surface area contributed by atoms with Gasteiger partial charge in [0.1, 0.15) is 11.2 Å². The Morgan fingerprint density at radius 2 is 1.68 bits per heavy atom. The first-order valence-corrected chi connectivity index (χ1v) is 7.59. The van der Waals surface area contributed by atoms with Gasteiger partial charge in [0.05, 0.1) is 0 Å². The van der Waals surface area contributed by atoms with Crippen LogP contribution in [0.3, 0.4) is 0 Å². The number of amides is 1. The summed E-state index contributed by atoms with van der Waals surface area (Å²) < 4.78 is 10.9. The largest absolute Gasteiger partial charge is 0.458 e. The maximum atomic E-state index is 12.7. The van der Waals surface area contributed by atoms with E-state index in [9.17, 15) is 9.59 Å². The molecule has 1 fully saturated rings. The van der Waals surface area contributed by atoms with Crippen molar-refractivity contribution in [3.05, 3.63) is 0 Å². The fourth-order valence-corrected chi connectivity index (χ4v) is 2.47. The molecular formula is C17H27NO4. The van der Waals surface area contributed by atoms with E-state index in [1.165, 1.54) is 4.90 Å². The number of nitrogens with zero attached hydrogens (tertiary/aromatic N) is 1. The van der Waals surface area contributed by atoms with Gasteiger partial charge in [-0.3, -0.25) is 4.90 Å². The average Bonchev–Trinajstić information content (AvgIpc) is 2.70. The number of rotatable bonds is 2. The summed E-state index contributed by atoms with van der Waals surface area (Å²) in [5.74, 6) is 2.06. The van der Waals surface area contributed by atoms with E-state index in [2.05, 4.69) is 5.92 Å². The van der Waals surface area contributed by atoms with Crippen molar-refractivity contribution in [2.45, 2.75) is 77.5 Å². The van der Waals surface area contributed by atoms with Crippen LogP contribution in [0.2, 0.25) is 0 Å². The first-order valence-electron chi connectivity index (χ1n) is 7.59. The van der Waals surface area contributed by atoms with Crippen molar-refractivity contribution in [2.24, 2.45) is 0 Å². The molecule has 1 atom stereocenters. The van der Waals surface area contributed by atoms with Gasteiger partial charge < -0.3 is 9.47 Å². The van der Waals surface area contributed by atoms with Crippen molar-refractivity contribution in [3.8, 4) is 12.3 Å². The molecule has 1 aliphatic heterocycles. The predicted molar refractivity (Wildman–Crippen MR) is 84.2 cm³/mol. The van der Waals surface area contributed by atoms with Crippen LogP contribution < -0.4 is 0 Å². The molecule has 1 aliphatic rings. The lowest BCUT2D eigenvalue weighted by Crippen LogP contribution is -2.55. The van der Waals surface area contributed by atoms with Crippen molar-refractivity contribution in [1.82, 2.24) is 4.90 Å². The van der Waals surface area contributed by atoms with Crippen LogP contribution in [-0.2, 0) is 14.3 Å². The minimum Gasteiger partial charge on any atom is -0.458 e. The molecule has 0 aromatic rings. The SMILES string of the molecule is C#CCC1(C(=O)OC(C)(C)C)CCCN1C(=O)OC(C)(C)C. The lowest BCUT2D eigenvalue weighted by molar-refractivity contribution is -0.167. The number of hydrogen-bond acceptors (Lipinski definition) is 4. The molecule has 0 spiro atoms. The van der Waals surface area contributed by atoms with Crippen molar-refractivity contribution in [2.75, 3.05) is 6.54 Å². The second-order valence-corrected chi connectivity index (χ2v) is 7.65. The van der Waals surface area contributed by atoms with E-state index < -0.39 is 28.8 Å². The highest BCUT2D eigenvalue weighted by Crippen LogP contribution is 2.36. The van der Waals surface area contributed by atoms with Crippen LogP contribution in [0.15, 0.2) is 0 Å². The van der Waals surface area contributed by atoms with Crippen LogP contribution in [0.25, 0.3) is 0 Å². The van der Waals surface area contributed by atoms with Gasteiger partial charge in [-0.2, -0.15) is 0 Å². The molecule has 1 heterocycles. The molecule has 1 unspecified atom stereocenters. The zero-order valence-electron chi connectivity index (χ0n) is 14.5. The Kier molecular flexibility index (Phi) is 5.17. The molecular weight excluding hydrogens is 282 g/mol. The number of esters is 1. The monoisotopic (exact) mass is 309 g/mol. The Morgan fingerprint density at radius 1 is 1.14 bits per heavy atom. The van der Waals surface area contributed by atoms with Crippen LogP contribution in [0.1, 0.15) is 60.8 Å². The summed E-state index contributed by atoms with van der Waals surface area (Å²) in [4.78, 5) is 26.6. The van der Waals surface area contributed by atoms with Gasteiger partial charge in [0, 0.05) is 13.0 Å². The molecule has 0 saturated carbocycles. The third kappa shape index (κ3) is 4.40. The lowest BCUT2D eigenvalue weighted by Gasteiger charge is -2.37. The summed E-state index contributed by atoms with van der Waals surface area (Å²) >= 11 is 0. The van der Waals surface area contributed by atoms with Crippen LogP contribution in [0, 0.1) is 12.3 Å². The maximum Gasteiger partial charge on any atom is 0.411 e. The fraction of sp³-hybridized carbons (Fsp3) is 0.765. The Labute approximate surface area is 133 Å². The molecule has 1 saturated heterocycles. The number of terminal acetylenes is 1. The fourth-order valence-electron chi connectivity index (χ4n) is 2.47. The second-order valence-electron chi connectivity index (χ2n) is 7.65. The molecule has 0 aromatic heterocycles. The summed E-state index contributed by atoms with van der Waals surface area (Å²) in [5.41, 5.74) is -2.39. The van der Waals surface area contributed by atoms with E-state index in [-0.39, 0.29) is 6.42 Å². The van der Waals surface area contributed by atoms with E-state index in [1.807, 2.05) is 0 Å². The molecule has 22 heavy (non-hydrogen) atoms. The van der Waals surface area contributed by atoms with Crippen LogP contribution in [0.4, 0.5) is 4.79 Å². The molecule has 124 valence electrons. The van der Waals surface area contributed by atoms with Gasteiger partial charge in [0.15, 0.2) is 5.54 Å². The summed E-state index contributed by atoms with van der Waals surface area (Å²) in [5, 5.41) is 0. The first-order chi connectivity index (χ1) is 9.91. The molecule has 1 rings (SSSR count). The summed E-state index contributed by atoms with van der Waals surface area (Å²) in [7, 11) is 0. The maximum absolute atomic E-state index is 12.7. The lowest BCUT2D eigenvalue weighted by atomic mass is 9.92. The van der Waals surface area contributed by atoms with Crippen molar-refractivity contribution >= 4 is 12.1 Å². The Morgan fingerprint density at radius 3 is 2.14 bits per heavy atom. The van der Waals surface area contributed by atoms with Gasteiger partial charge in [-0.15, -0.1) is 12.3 Å². The van der Waals surface area contributed by atoms with Crippen LogP contribution in [0.5, 0.6) is 0 Å². The van der Waals surface area contributed by atoms with Crippen LogP contribution in [-0.4, -0.2) is 40.2 Å². The zero-order chi connectivity index (χ0) is 17.2. The Bertz CT molecular complexity index is 478. The van der Waals surface area contributed by atoms with E-state index in [4.69, 9.17) is 15.9 Å². The van der Waals surface area contributed by atoms with Gasteiger partial charge in [-0.05, 0) is 54.4 Å². The summed E-state index contributed by atoms with van der Waals surface area (Å²) in [6.07, 6.45) is 6.24. The highest BCUT2D eigenvalue weighted by molar-refractivity contribution is 5.87. The number of likely N-dealkylation sites (tertiary alicyclic amines) is 1. The van der Waals surface area contributed by atoms with E-state index in [1.54, 1.807) is 41.5 Å². The van der Waals surface area contributed by atoms with Gasteiger partial charge in [0.2, 0.25) is 0 Å². The summed E-state index contributed by atoms with van der Waals surface area (Å²) in [6.45, 7) is 11.2. The van der Waals surface area contributed by atoms with Crippen molar-refractivity contribution in [3.63, 3.8) is 0 Å². The van der Waals surface area contributed by atoms with Gasteiger partial charge in [-0.25, -0.2) is 9.59 Å². The molecule has 0 aliphatic carbocycles. The quantitative estimate of drug-likeness (QED) is 0.581. The molecule has 0 aromatic carbocycles. The third-order valence-electron chi connectivity index (χ3n) is 3.28. The van der Waals surface area contributed by atoms with Gasteiger partial charge >= 0.3 is 12.1 Å². The molecule has 1 amide bonds. The van der Waals surface area contributed by atoms with Crippen LogP contribution >= 0.6 is 0 Å². The second kappa shape index (κ2) is 6.20. The summed E-state index contributed by atoms with van der Waals surface area (Å²) in [6, 6.07) is 0. The first kappa shape index (κ1) is 18.3. The molecule has 0 bridgehead atoms. The van der Waals surface area contributed by atoms with Crippen molar-refractivity contribution < 1.29 is 19.1 Å². The third-order valence-corrected chi connectivity index (χ3v) is 3.28. The smallest absolute Gasteiger partial charge is 0.411 e. The normalized spacial score (nSPS) is 22.1. The number of hydrogen-bond donors (Lipinski definition) is 0. The van der Waals surface area contributed by atoms with Gasteiger partial charge in [-0.1, -0.05) is 0 Å². The molecule has 5 nitrogen and oxygen atoms in total. The Hall–Kier alpha value is -1.70. The highest BCUT2D eigenvalue weighted by atomic mass is 16.6. The van der Waals surface area contributed by atoms with E-state index in [0.717, 1.165) is 0 Å². The average molecular weight is 309 g/mol. The molecule has 0 radical (unpaired) electrons. The molecule has 5 heteroatoms. The number of ether oxygens (including phenoxy) is 2. The number of carbonyl (C=O) groups excluding carboxylic acids is 2. The Balaban J connectivity index is 3.08. The minimum absolute atomic E-state index is 0.126. The standard InChI is InChI=1S/C17H27NO4/c1-8-10-17(13(19)21-15(2,3)4)11-9-12-18(17)14(20)22-16(5,6)7/h1H,9-12H2,2-7H3. The van der Waals surface area contributed by atoms with Crippen molar-refractivity contribution in [1.29, 1.82) is 0 Å². The molecule has 0 N–H and O–H groups in total. The predicted octanol–water partition coefficient (Wildman–Crippen LogP) is 3.12. The van der Waals surface area contributed by atoms with E-state index >= 15 is 0 Å².